The lowest BCUT2D eigenvalue weighted by Gasteiger charge is -2.21. The van der Waals surface area contributed by atoms with E-state index in [1.165, 1.54) is 24.8 Å². The SMILES string of the molecule is CCNC(=O)Nc1ncnc2c1ncn2C1O[C@H](C(=O)NCc2c(Cl)cccc2C(=O)O)C2O[C@H](c3ccccc3)OC21. The molecule has 2 fully saturated rings. The van der Waals surface area contributed by atoms with E-state index in [-0.39, 0.29) is 28.5 Å². The van der Waals surface area contributed by atoms with Gasteiger partial charge in [0.25, 0.3) is 5.91 Å². The number of amides is 3. The zero-order valence-corrected chi connectivity index (χ0v) is 23.4. The number of carboxylic acid groups (broad SMARTS) is 1. The molecule has 4 heterocycles. The number of carboxylic acids is 1. The molecule has 4 N–H and O–H groups in total. The Hall–Kier alpha value is -4.63. The topological polar surface area (TPSA) is 179 Å². The second-order valence-corrected chi connectivity index (χ2v) is 10.1. The Balaban J connectivity index is 1.30. The maximum absolute atomic E-state index is 13.5. The highest BCUT2D eigenvalue weighted by Crippen LogP contribution is 2.45. The van der Waals surface area contributed by atoms with Crippen molar-refractivity contribution in [2.75, 3.05) is 11.9 Å². The second-order valence-electron chi connectivity index (χ2n) is 9.71. The third-order valence-corrected chi connectivity index (χ3v) is 7.43. The Morgan fingerprint density at radius 2 is 1.77 bits per heavy atom. The summed E-state index contributed by atoms with van der Waals surface area (Å²) in [4.78, 5) is 50.3. The number of aromatic nitrogens is 4. The minimum Gasteiger partial charge on any atom is -0.478 e. The molecule has 2 aliphatic rings. The molecular formula is C28H26ClN7O7. The first-order valence-electron chi connectivity index (χ1n) is 13.4. The number of fused-ring (bicyclic) bond motifs is 2. The van der Waals surface area contributed by atoms with Crippen LogP contribution in [0, 0.1) is 0 Å². The van der Waals surface area contributed by atoms with Crippen LogP contribution in [-0.4, -0.2) is 67.4 Å². The maximum atomic E-state index is 13.5. The van der Waals surface area contributed by atoms with E-state index in [1.54, 1.807) is 17.6 Å². The normalized spacial score (nSPS) is 22.7. The Morgan fingerprint density at radius 3 is 2.53 bits per heavy atom. The van der Waals surface area contributed by atoms with E-state index in [1.807, 2.05) is 30.3 Å². The monoisotopic (exact) mass is 607 g/mol. The van der Waals surface area contributed by atoms with Crippen molar-refractivity contribution >= 4 is 46.5 Å². The molecule has 2 aromatic carbocycles. The molecule has 2 saturated heterocycles. The number of hydrogen-bond donors (Lipinski definition) is 4. The summed E-state index contributed by atoms with van der Waals surface area (Å²) in [7, 11) is 0. The predicted octanol–water partition coefficient (Wildman–Crippen LogP) is 3.02. The first-order chi connectivity index (χ1) is 20.9. The second kappa shape index (κ2) is 11.9. The van der Waals surface area contributed by atoms with Gasteiger partial charge in [-0.3, -0.25) is 14.7 Å². The Morgan fingerprint density at radius 1 is 0.977 bits per heavy atom. The number of anilines is 1. The zero-order valence-electron chi connectivity index (χ0n) is 22.6. The quantitative estimate of drug-likeness (QED) is 0.233. The van der Waals surface area contributed by atoms with E-state index < -0.39 is 48.7 Å². The van der Waals surface area contributed by atoms with Crippen molar-refractivity contribution in [2.24, 2.45) is 0 Å². The Labute approximate surface area is 249 Å². The van der Waals surface area contributed by atoms with Crippen LogP contribution < -0.4 is 16.0 Å². The fourth-order valence-corrected chi connectivity index (χ4v) is 5.35. The van der Waals surface area contributed by atoms with Crippen LogP contribution in [0.5, 0.6) is 0 Å². The van der Waals surface area contributed by atoms with Gasteiger partial charge in [-0.2, -0.15) is 0 Å². The van der Waals surface area contributed by atoms with Crippen LogP contribution in [0.25, 0.3) is 11.2 Å². The number of imidazole rings is 1. The van der Waals surface area contributed by atoms with Crippen LogP contribution in [-0.2, 0) is 25.5 Å². The van der Waals surface area contributed by atoms with Crippen molar-refractivity contribution < 1.29 is 33.7 Å². The van der Waals surface area contributed by atoms with Gasteiger partial charge in [-0.05, 0) is 19.1 Å². The third-order valence-electron chi connectivity index (χ3n) is 7.07. The van der Waals surface area contributed by atoms with Gasteiger partial charge in [-0.1, -0.05) is 48.0 Å². The number of carbonyl (C=O) groups excluding carboxylic acids is 2. The van der Waals surface area contributed by atoms with Crippen LogP contribution >= 0.6 is 11.6 Å². The van der Waals surface area contributed by atoms with Gasteiger partial charge in [-0.25, -0.2) is 24.5 Å². The molecule has 3 unspecified atom stereocenters. The van der Waals surface area contributed by atoms with E-state index in [4.69, 9.17) is 25.8 Å². The number of nitrogens with one attached hydrogen (secondary N) is 3. The molecule has 6 rings (SSSR count). The number of nitrogens with zero attached hydrogens (tertiary/aromatic N) is 4. The maximum Gasteiger partial charge on any atom is 0.336 e. The average molecular weight is 608 g/mol. The molecule has 43 heavy (non-hydrogen) atoms. The molecular weight excluding hydrogens is 582 g/mol. The zero-order chi connectivity index (χ0) is 30.1. The van der Waals surface area contributed by atoms with Crippen molar-refractivity contribution in [3.63, 3.8) is 0 Å². The molecule has 3 amide bonds. The molecule has 0 radical (unpaired) electrons. The van der Waals surface area contributed by atoms with Crippen LogP contribution in [0.1, 0.15) is 40.9 Å². The summed E-state index contributed by atoms with van der Waals surface area (Å²) in [6.07, 6.45) is -1.68. The van der Waals surface area contributed by atoms with Crippen molar-refractivity contribution in [3.05, 3.63) is 82.9 Å². The molecule has 222 valence electrons. The summed E-state index contributed by atoms with van der Waals surface area (Å²) in [5.74, 6) is -1.53. The fraction of sp³-hybridized carbons (Fsp3) is 0.286. The van der Waals surface area contributed by atoms with Gasteiger partial charge < -0.3 is 30.0 Å². The summed E-state index contributed by atoms with van der Waals surface area (Å²) < 4.78 is 20.4. The van der Waals surface area contributed by atoms with Crippen LogP contribution in [0.15, 0.2) is 61.2 Å². The summed E-state index contributed by atoms with van der Waals surface area (Å²) in [5.41, 5.74) is 1.62. The van der Waals surface area contributed by atoms with Gasteiger partial charge >= 0.3 is 12.0 Å². The van der Waals surface area contributed by atoms with Crippen molar-refractivity contribution in [3.8, 4) is 0 Å². The van der Waals surface area contributed by atoms with Crippen molar-refractivity contribution in [1.29, 1.82) is 0 Å². The van der Waals surface area contributed by atoms with E-state index in [2.05, 4.69) is 30.9 Å². The molecule has 2 aliphatic heterocycles. The molecule has 0 aliphatic carbocycles. The van der Waals surface area contributed by atoms with E-state index >= 15 is 0 Å². The summed E-state index contributed by atoms with van der Waals surface area (Å²) in [5, 5.41) is 17.8. The van der Waals surface area contributed by atoms with Gasteiger partial charge in [0.15, 0.2) is 35.6 Å². The number of benzene rings is 2. The van der Waals surface area contributed by atoms with Crippen LogP contribution in [0.4, 0.5) is 10.6 Å². The molecule has 2 aromatic heterocycles. The number of hydrogen-bond acceptors (Lipinski definition) is 9. The van der Waals surface area contributed by atoms with E-state index in [9.17, 15) is 19.5 Å². The minimum absolute atomic E-state index is 0.0258. The van der Waals surface area contributed by atoms with Crippen LogP contribution in [0.2, 0.25) is 5.02 Å². The summed E-state index contributed by atoms with van der Waals surface area (Å²) >= 11 is 6.26. The highest BCUT2D eigenvalue weighted by atomic mass is 35.5. The number of rotatable bonds is 8. The number of halogens is 1. The largest absolute Gasteiger partial charge is 0.478 e. The molecule has 0 bridgehead atoms. The Kier molecular flexibility index (Phi) is 7.90. The Bertz CT molecular complexity index is 1680. The van der Waals surface area contributed by atoms with Gasteiger partial charge in [0.1, 0.15) is 18.5 Å². The summed E-state index contributed by atoms with van der Waals surface area (Å²) in [6.45, 7) is 2.06. The first-order valence-corrected chi connectivity index (χ1v) is 13.8. The van der Waals surface area contributed by atoms with E-state index in [0.29, 0.717) is 17.7 Å². The lowest BCUT2D eigenvalue weighted by molar-refractivity contribution is -0.161. The molecule has 4 aromatic rings. The number of ether oxygens (including phenoxy) is 3. The van der Waals surface area contributed by atoms with Gasteiger partial charge in [0, 0.05) is 29.2 Å². The smallest absolute Gasteiger partial charge is 0.336 e. The predicted molar refractivity (Wildman–Crippen MR) is 151 cm³/mol. The highest BCUT2D eigenvalue weighted by molar-refractivity contribution is 6.31. The van der Waals surface area contributed by atoms with E-state index in [0.717, 1.165) is 5.56 Å². The van der Waals surface area contributed by atoms with Gasteiger partial charge in [0.05, 0.1) is 11.9 Å². The molecule has 14 nitrogen and oxygen atoms in total. The third kappa shape index (κ3) is 5.48. The van der Waals surface area contributed by atoms with Gasteiger partial charge in [0.2, 0.25) is 0 Å². The molecule has 15 heteroatoms. The molecule has 5 atom stereocenters. The lowest BCUT2D eigenvalue weighted by atomic mass is 10.1. The highest BCUT2D eigenvalue weighted by Gasteiger charge is 2.56. The lowest BCUT2D eigenvalue weighted by Crippen LogP contribution is -2.42. The first kappa shape index (κ1) is 28.5. The van der Waals surface area contributed by atoms with Crippen LogP contribution in [0.3, 0.4) is 0 Å². The average Bonchev–Trinajstić information content (AvgIpc) is 3.71. The standard InChI is InChI=1S/C28H26ClN7O7/c1-2-30-28(40)35-22-18-23(33-12-32-22)36(13-34-18)25-21-19(42-27(43-21)14-7-4-3-5-8-14)20(41-25)24(37)31-11-16-15(26(38)39)9-6-10-17(16)29/h3-10,12-13,19-21,25,27H,2,11H2,1H3,(H,31,37)(H,38,39)(H2,30,32,33,35,40)/t19?,20-,21?,25?,27-/m0/s1. The number of aromatic carboxylic acids is 1. The number of urea groups is 1. The van der Waals surface area contributed by atoms with Crippen molar-refractivity contribution in [2.45, 2.75) is 44.3 Å². The van der Waals surface area contributed by atoms with Gasteiger partial charge in [-0.15, -0.1) is 0 Å². The molecule has 0 saturated carbocycles. The number of carbonyl (C=O) groups is 3. The fourth-order valence-electron chi connectivity index (χ4n) is 5.11. The summed E-state index contributed by atoms with van der Waals surface area (Å²) in [6, 6.07) is 13.3. The minimum atomic E-state index is -1.17. The van der Waals surface area contributed by atoms with Crippen molar-refractivity contribution in [1.82, 2.24) is 30.2 Å². The molecule has 0 spiro atoms.